The van der Waals surface area contributed by atoms with Gasteiger partial charge in [-0.2, -0.15) is 0 Å². The van der Waals surface area contributed by atoms with E-state index in [9.17, 15) is 0 Å². The van der Waals surface area contributed by atoms with E-state index in [1.807, 2.05) is 0 Å². The Labute approximate surface area is 132 Å². The lowest BCUT2D eigenvalue weighted by molar-refractivity contribution is -0.0350. The first-order valence-corrected chi connectivity index (χ1v) is 9.73. The highest BCUT2D eigenvalue weighted by molar-refractivity contribution is 4.93. The summed E-state index contributed by atoms with van der Waals surface area (Å²) in [5.74, 6) is 0. The lowest BCUT2D eigenvalue weighted by Gasteiger charge is -2.23. The maximum absolute atomic E-state index is 6.33. The maximum atomic E-state index is 6.33. The maximum Gasteiger partial charge on any atom is 0.0708 e. The molecule has 0 aromatic heterocycles. The van der Waals surface area contributed by atoms with E-state index in [-0.39, 0.29) is 0 Å². The van der Waals surface area contributed by atoms with E-state index in [2.05, 4.69) is 12.2 Å². The van der Waals surface area contributed by atoms with Crippen LogP contribution in [0.3, 0.4) is 0 Å². The molecule has 0 bridgehead atoms. The highest BCUT2D eigenvalue weighted by Crippen LogP contribution is 2.43. The molecule has 1 N–H and O–H groups in total. The van der Waals surface area contributed by atoms with Crippen molar-refractivity contribution in [3.8, 4) is 0 Å². The Morgan fingerprint density at radius 2 is 1.57 bits per heavy atom. The summed E-state index contributed by atoms with van der Waals surface area (Å²) in [7, 11) is 0. The molecule has 2 heteroatoms. The molecule has 1 aliphatic heterocycles. The van der Waals surface area contributed by atoms with E-state index in [1.165, 1.54) is 96.4 Å². The zero-order chi connectivity index (χ0) is 14.8. The summed E-state index contributed by atoms with van der Waals surface area (Å²) >= 11 is 0. The number of hydrogen-bond donors (Lipinski definition) is 1. The average Bonchev–Trinajstić information content (AvgIpc) is 3.12. The fraction of sp³-hybridized carbons (Fsp3) is 1.00. The molecule has 2 aliphatic rings. The van der Waals surface area contributed by atoms with Gasteiger partial charge in [0.05, 0.1) is 11.7 Å². The van der Waals surface area contributed by atoms with Crippen LogP contribution in [-0.2, 0) is 4.74 Å². The van der Waals surface area contributed by atoms with E-state index < -0.39 is 0 Å². The Balaban J connectivity index is 1.37. The highest BCUT2D eigenvalue weighted by Gasteiger charge is 2.41. The van der Waals surface area contributed by atoms with E-state index >= 15 is 0 Å². The Bertz CT molecular complexity index is 260. The van der Waals surface area contributed by atoms with Gasteiger partial charge in [-0.3, -0.25) is 0 Å². The second-order valence-electron chi connectivity index (χ2n) is 7.35. The molecule has 124 valence electrons. The molecule has 2 rings (SSSR count). The summed E-state index contributed by atoms with van der Waals surface area (Å²) in [5.41, 5.74) is 0.310. The van der Waals surface area contributed by atoms with Gasteiger partial charge in [0.15, 0.2) is 0 Å². The summed E-state index contributed by atoms with van der Waals surface area (Å²) in [4.78, 5) is 0. The SMILES string of the molecule is CCCCCCCCCCNCC1CCC2(CCCC2)O1. The lowest BCUT2D eigenvalue weighted by atomic mass is 9.98. The fourth-order valence-corrected chi connectivity index (χ4v) is 4.07. The predicted octanol–water partition coefficient (Wildman–Crippen LogP) is 5.21. The van der Waals surface area contributed by atoms with E-state index in [0.717, 1.165) is 6.54 Å². The van der Waals surface area contributed by atoms with Crippen LogP contribution in [-0.4, -0.2) is 24.8 Å². The zero-order valence-electron chi connectivity index (χ0n) is 14.3. The van der Waals surface area contributed by atoms with Crippen LogP contribution in [0.25, 0.3) is 0 Å². The van der Waals surface area contributed by atoms with Crippen molar-refractivity contribution < 1.29 is 4.74 Å². The molecule has 21 heavy (non-hydrogen) atoms. The third kappa shape index (κ3) is 6.28. The molecule has 2 nitrogen and oxygen atoms in total. The Kier molecular flexibility index (Phi) is 8.10. The fourth-order valence-electron chi connectivity index (χ4n) is 4.07. The minimum absolute atomic E-state index is 0.310. The van der Waals surface area contributed by atoms with Crippen molar-refractivity contribution in [3.63, 3.8) is 0 Å². The standard InChI is InChI=1S/C19H37NO/c1-2-3-4-5-6-7-8-11-16-20-17-18-12-15-19(21-18)13-9-10-14-19/h18,20H,2-17H2,1H3. The average molecular weight is 296 g/mol. The van der Waals surface area contributed by atoms with Crippen LogP contribution >= 0.6 is 0 Å². The van der Waals surface area contributed by atoms with Crippen molar-refractivity contribution in [2.45, 2.75) is 109 Å². The minimum Gasteiger partial charge on any atom is -0.370 e. The van der Waals surface area contributed by atoms with Gasteiger partial charge >= 0.3 is 0 Å². The second kappa shape index (κ2) is 9.84. The molecule has 0 aromatic carbocycles. The quantitative estimate of drug-likeness (QED) is 0.528. The van der Waals surface area contributed by atoms with Gasteiger partial charge in [-0.1, -0.05) is 64.7 Å². The Hall–Kier alpha value is -0.0800. The first-order valence-electron chi connectivity index (χ1n) is 9.73. The molecule has 0 amide bonds. The largest absolute Gasteiger partial charge is 0.370 e. The first kappa shape index (κ1) is 17.3. The molecular formula is C19H37NO. The molecule has 0 radical (unpaired) electrons. The molecule has 1 heterocycles. The van der Waals surface area contributed by atoms with Gasteiger partial charge in [-0.05, 0) is 38.6 Å². The summed E-state index contributed by atoms with van der Waals surface area (Å²) in [5, 5.41) is 3.62. The highest BCUT2D eigenvalue weighted by atomic mass is 16.5. The summed E-state index contributed by atoms with van der Waals surface area (Å²) in [6.07, 6.45) is 19.8. The summed E-state index contributed by atoms with van der Waals surface area (Å²) in [6, 6.07) is 0. The number of rotatable bonds is 11. The molecular weight excluding hydrogens is 258 g/mol. The van der Waals surface area contributed by atoms with Crippen LogP contribution in [0.15, 0.2) is 0 Å². The molecule has 1 unspecified atom stereocenters. The number of unbranched alkanes of at least 4 members (excludes halogenated alkanes) is 7. The van der Waals surface area contributed by atoms with Gasteiger partial charge in [0, 0.05) is 6.54 Å². The monoisotopic (exact) mass is 295 g/mol. The van der Waals surface area contributed by atoms with Crippen molar-refractivity contribution in [1.82, 2.24) is 5.32 Å². The zero-order valence-corrected chi connectivity index (χ0v) is 14.3. The van der Waals surface area contributed by atoms with Crippen molar-refractivity contribution in [3.05, 3.63) is 0 Å². The van der Waals surface area contributed by atoms with Crippen LogP contribution in [0.2, 0.25) is 0 Å². The van der Waals surface area contributed by atoms with Gasteiger partial charge in [-0.25, -0.2) is 0 Å². The number of ether oxygens (including phenoxy) is 1. The Morgan fingerprint density at radius 1 is 0.905 bits per heavy atom. The van der Waals surface area contributed by atoms with E-state index in [1.54, 1.807) is 0 Å². The van der Waals surface area contributed by atoms with Gasteiger partial charge in [0.1, 0.15) is 0 Å². The van der Waals surface area contributed by atoms with Crippen LogP contribution in [0.4, 0.5) is 0 Å². The second-order valence-corrected chi connectivity index (χ2v) is 7.35. The van der Waals surface area contributed by atoms with Crippen molar-refractivity contribution in [2.75, 3.05) is 13.1 Å². The van der Waals surface area contributed by atoms with Gasteiger partial charge in [-0.15, -0.1) is 0 Å². The first-order chi connectivity index (χ1) is 10.3. The predicted molar refractivity (Wildman–Crippen MR) is 90.8 cm³/mol. The summed E-state index contributed by atoms with van der Waals surface area (Å²) in [6.45, 7) is 4.55. The third-order valence-corrected chi connectivity index (χ3v) is 5.43. The topological polar surface area (TPSA) is 21.3 Å². The summed E-state index contributed by atoms with van der Waals surface area (Å²) < 4.78 is 6.33. The molecule has 1 spiro atoms. The smallest absolute Gasteiger partial charge is 0.0708 e. The van der Waals surface area contributed by atoms with Crippen LogP contribution in [0.5, 0.6) is 0 Å². The van der Waals surface area contributed by atoms with Crippen molar-refractivity contribution in [1.29, 1.82) is 0 Å². The third-order valence-electron chi connectivity index (χ3n) is 5.43. The Morgan fingerprint density at radius 3 is 2.29 bits per heavy atom. The molecule has 1 saturated heterocycles. The molecule has 1 aliphatic carbocycles. The molecule has 1 saturated carbocycles. The number of hydrogen-bond acceptors (Lipinski definition) is 2. The molecule has 0 aromatic rings. The molecule has 1 atom stereocenters. The van der Waals surface area contributed by atoms with Crippen molar-refractivity contribution >= 4 is 0 Å². The van der Waals surface area contributed by atoms with Crippen molar-refractivity contribution in [2.24, 2.45) is 0 Å². The van der Waals surface area contributed by atoms with Crippen LogP contribution < -0.4 is 5.32 Å². The lowest BCUT2D eigenvalue weighted by Crippen LogP contribution is -2.31. The van der Waals surface area contributed by atoms with Gasteiger partial charge < -0.3 is 10.1 Å². The van der Waals surface area contributed by atoms with Gasteiger partial charge in [0.2, 0.25) is 0 Å². The van der Waals surface area contributed by atoms with E-state index in [0.29, 0.717) is 11.7 Å². The van der Waals surface area contributed by atoms with Crippen LogP contribution in [0, 0.1) is 0 Å². The van der Waals surface area contributed by atoms with Crippen LogP contribution in [0.1, 0.15) is 96.8 Å². The minimum atomic E-state index is 0.310. The normalized spacial score (nSPS) is 24.1. The van der Waals surface area contributed by atoms with E-state index in [4.69, 9.17) is 4.74 Å². The molecule has 2 fully saturated rings. The van der Waals surface area contributed by atoms with Gasteiger partial charge in [0.25, 0.3) is 0 Å². The number of nitrogens with one attached hydrogen (secondary N) is 1.